The Bertz CT molecular complexity index is 1510. The highest BCUT2D eigenvalue weighted by atomic mass is 32.2. The van der Waals surface area contributed by atoms with Crippen LogP contribution in [-0.4, -0.2) is 35.7 Å². The number of amides is 1. The zero-order valence-electron chi connectivity index (χ0n) is 21.2. The lowest BCUT2D eigenvalue weighted by molar-refractivity contribution is 0.102. The van der Waals surface area contributed by atoms with Gasteiger partial charge in [0, 0.05) is 6.07 Å². The number of hydrogen-bond acceptors (Lipinski definition) is 6. The van der Waals surface area contributed by atoms with Gasteiger partial charge in [0.25, 0.3) is 15.9 Å². The Morgan fingerprint density at radius 3 is 2.05 bits per heavy atom. The van der Waals surface area contributed by atoms with Gasteiger partial charge < -0.3 is 19.5 Å². The van der Waals surface area contributed by atoms with E-state index in [4.69, 9.17) is 14.2 Å². The summed E-state index contributed by atoms with van der Waals surface area (Å²) in [6, 6.07) is 26.9. The van der Waals surface area contributed by atoms with E-state index in [1.54, 1.807) is 54.6 Å². The minimum atomic E-state index is -4.08. The summed E-state index contributed by atoms with van der Waals surface area (Å²) in [6.07, 6.45) is 0. The van der Waals surface area contributed by atoms with Gasteiger partial charge in [-0.1, -0.05) is 42.5 Å². The van der Waals surface area contributed by atoms with Crippen LogP contribution in [0.25, 0.3) is 0 Å². The number of carbonyl (C=O) groups is 1. The van der Waals surface area contributed by atoms with Gasteiger partial charge in [0.1, 0.15) is 17.2 Å². The van der Waals surface area contributed by atoms with Gasteiger partial charge in [-0.05, 0) is 54.1 Å². The molecule has 9 heteroatoms. The molecule has 4 aromatic carbocycles. The standard InChI is InChI=1S/C29H28N2O6S/c1-35-22-13-16-24(17-14-22)38(33,34)31(20-21-9-5-4-6-10-21)27-12-8-7-11-25(27)29(32)30-26-19-23(36-2)15-18-28(26)37-3/h4-19H,20H2,1-3H3,(H,30,32). The number of anilines is 2. The third kappa shape index (κ3) is 5.73. The maximum absolute atomic E-state index is 14.0. The van der Waals surface area contributed by atoms with Crippen molar-refractivity contribution in [2.45, 2.75) is 11.4 Å². The normalized spacial score (nSPS) is 10.9. The van der Waals surface area contributed by atoms with Crippen molar-refractivity contribution in [1.29, 1.82) is 0 Å². The summed E-state index contributed by atoms with van der Waals surface area (Å²) in [5.41, 5.74) is 1.55. The van der Waals surface area contributed by atoms with Crippen LogP contribution in [0.15, 0.2) is 102 Å². The number of para-hydroxylation sites is 1. The van der Waals surface area contributed by atoms with Crippen LogP contribution in [0.1, 0.15) is 15.9 Å². The van der Waals surface area contributed by atoms with Crippen LogP contribution in [0.3, 0.4) is 0 Å². The van der Waals surface area contributed by atoms with Gasteiger partial charge in [-0.3, -0.25) is 9.10 Å². The number of ether oxygens (including phenoxy) is 3. The van der Waals surface area contributed by atoms with E-state index in [1.807, 2.05) is 30.3 Å². The van der Waals surface area contributed by atoms with E-state index in [-0.39, 0.29) is 22.7 Å². The fourth-order valence-electron chi connectivity index (χ4n) is 3.91. The molecule has 0 fully saturated rings. The van der Waals surface area contributed by atoms with Gasteiger partial charge in [-0.25, -0.2) is 8.42 Å². The molecule has 38 heavy (non-hydrogen) atoms. The first-order valence-corrected chi connectivity index (χ1v) is 13.1. The molecule has 8 nitrogen and oxygen atoms in total. The number of methoxy groups -OCH3 is 3. The number of nitrogens with zero attached hydrogens (tertiary/aromatic N) is 1. The fraction of sp³-hybridized carbons (Fsp3) is 0.138. The monoisotopic (exact) mass is 532 g/mol. The molecular formula is C29H28N2O6S. The van der Waals surface area contributed by atoms with Gasteiger partial charge >= 0.3 is 0 Å². The Balaban J connectivity index is 1.79. The molecule has 4 aromatic rings. The number of carbonyl (C=O) groups excluding carboxylic acids is 1. The average Bonchev–Trinajstić information content (AvgIpc) is 2.96. The highest BCUT2D eigenvalue weighted by Crippen LogP contribution is 2.33. The zero-order chi connectivity index (χ0) is 27.1. The minimum absolute atomic E-state index is 0.0159. The Morgan fingerprint density at radius 2 is 1.39 bits per heavy atom. The van der Waals surface area contributed by atoms with Crippen molar-refractivity contribution in [2.24, 2.45) is 0 Å². The van der Waals surface area contributed by atoms with Crippen LogP contribution in [0.5, 0.6) is 17.2 Å². The molecule has 0 bridgehead atoms. The lowest BCUT2D eigenvalue weighted by Gasteiger charge is -2.27. The largest absolute Gasteiger partial charge is 0.497 e. The van der Waals surface area contributed by atoms with E-state index < -0.39 is 15.9 Å². The molecule has 0 radical (unpaired) electrons. The molecule has 0 aliphatic carbocycles. The summed E-state index contributed by atoms with van der Waals surface area (Å²) < 4.78 is 45.0. The van der Waals surface area contributed by atoms with Crippen molar-refractivity contribution in [1.82, 2.24) is 0 Å². The van der Waals surface area contributed by atoms with E-state index in [0.717, 1.165) is 5.56 Å². The third-order valence-electron chi connectivity index (χ3n) is 5.89. The molecule has 4 rings (SSSR count). The first kappa shape index (κ1) is 26.6. The van der Waals surface area contributed by atoms with Crippen molar-refractivity contribution in [2.75, 3.05) is 31.0 Å². The van der Waals surface area contributed by atoms with Crippen LogP contribution in [0.2, 0.25) is 0 Å². The van der Waals surface area contributed by atoms with E-state index >= 15 is 0 Å². The molecule has 0 spiro atoms. The molecule has 1 amide bonds. The number of hydrogen-bond donors (Lipinski definition) is 1. The SMILES string of the molecule is COc1ccc(S(=O)(=O)N(Cc2ccccc2)c2ccccc2C(=O)Nc2cc(OC)ccc2OC)cc1. The quantitative estimate of drug-likeness (QED) is 0.296. The van der Waals surface area contributed by atoms with Crippen LogP contribution in [0, 0.1) is 0 Å². The second-order valence-electron chi connectivity index (χ2n) is 8.21. The molecule has 1 N–H and O–H groups in total. The molecule has 0 saturated heterocycles. The number of sulfonamides is 1. The molecule has 0 heterocycles. The predicted octanol–water partition coefficient (Wildman–Crippen LogP) is 5.36. The summed E-state index contributed by atoms with van der Waals surface area (Å²) in [4.78, 5) is 13.6. The summed E-state index contributed by atoms with van der Waals surface area (Å²) in [6.45, 7) is 0.0159. The maximum Gasteiger partial charge on any atom is 0.264 e. The Hall–Kier alpha value is -4.50. The predicted molar refractivity (Wildman–Crippen MR) is 147 cm³/mol. The smallest absolute Gasteiger partial charge is 0.264 e. The molecule has 0 aromatic heterocycles. The average molecular weight is 533 g/mol. The second kappa shape index (κ2) is 11.7. The minimum Gasteiger partial charge on any atom is -0.497 e. The number of nitrogens with one attached hydrogen (secondary N) is 1. The van der Waals surface area contributed by atoms with Crippen molar-refractivity contribution in [3.63, 3.8) is 0 Å². The molecular weight excluding hydrogens is 504 g/mol. The first-order valence-electron chi connectivity index (χ1n) is 11.7. The summed E-state index contributed by atoms with van der Waals surface area (Å²) in [7, 11) is 0.451. The van der Waals surface area contributed by atoms with Crippen molar-refractivity contribution in [3.05, 3.63) is 108 Å². The van der Waals surface area contributed by atoms with Crippen molar-refractivity contribution in [3.8, 4) is 17.2 Å². The number of rotatable bonds is 10. The molecule has 0 atom stereocenters. The van der Waals surface area contributed by atoms with E-state index in [1.165, 1.54) is 37.8 Å². The first-order chi connectivity index (χ1) is 18.4. The maximum atomic E-state index is 14.0. The summed E-state index contributed by atoms with van der Waals surface area (Å²) in [5, 5.41) is 2.84. The Labute approximate surface area is 222 Å². The van der Waals surface area contributed by atoms with Crippen molar-refractivity contribution < 1.29 is 27.4 Å². The summed E-state index contributed by atoms with van der Waals surface area (Å²) >= 11 is 0. The second-order valence-corrected chi connectivity index (χ2v) is 10.1. The molecule has 0 unspecified atom stereocenters. The van der Waals surface area contributed by atoms with Crippen LogP contribution < -0.4 is 23.8 Å². The van der Waals surface area contributed by atoms with Gasteiger partial charge in [0.05, 0.1) is 49.7 Å². The van der Waals surface area contributed by atoms with Crippen LogP contribution in [-0.2, 0) is 16.6 Å². The van der Waals surface area contributed by atoms with E-state index in [9.17, 15) is 13.2 Å². The molecule has 0 aliphatic heterocycles. The number of benzene rings is 4. The zero-order valence-corrected chi connectivity index (χ0v) is 22.1. The fourth-order valence-corrected chi connectivity index (χ4v) is 5.38. The van der Waals surface area contributed by atoms with Gasteiger partial charge in [0.15, 0.2) is 0 Å². The lowest BCUT2D eigenvalue weighted by atomic mass is 10.1. The molecule has 196 valence electrons. The molecule has 0 saturated carbocycles. The topological polar surface area (TPSA) is 94.2 Å². The van der Waals surface area contributed by atoms with E-state index in [0.29, 0.717) is 22.9 Å². The van der Waals surface area contributed by atoms with Crippen LogP contribution >= 0.6 is 0 Å². The van der Waals surface area contributed by atoms with Crippen LogP contribution in [0.4, 0.5) is 11.4 Å². The highest BCUT2D eigenvalue weighted by Gasteiger charge is 2.29. The van der Waals surface area contributed by atoms with Crippen molar-refractivity contribution >= 4 is 27.3 Å². The van der Waals surface area contributed by atoms with Gasteiger partial charge in [0.2, 0.25) is 0 Å². The summed E-state index contributed by atoms with van der Waals surface area (Å²) in [5.74, 6) is 0.992. The lowest BCUT2D eigenvalue weighted by Crippen LogP contribution is -2.32. The van der Waals surface area contributed by atoms with E-state index in [2.05, 4.69) is 5.32 Å². The molecule has 0 aliphatic rings. The Kier molecular flexibility index (Phi) is 8.18. The van der Waals surface area contributed by atoms with Gasteiger partial charge in [-0.15, -0.1) is 0 Å². The highest BCUT2D eigenvalue weighted by molar-refractivity contribution is 7.92. The third-order valence-corrected chi connectivity index (χ3v) is 7.66. The van der Waals surface area contributed by atoms with Gasteiger partial charge in [-0.2, -0.15) is 0 Å². The Morgan fingerprint density at radius 1 is 0.763 bits per heavy atom.